The van der Waals surface area contributed by atoms with Crippen molar-refractivity contribution in [2.24, 2.45) is 5.73 Å². The maximum atomic E-state index is 8.94. The lowest BCUT2D eigenvalue weighted by Gasteiger charge is -2.30. The number of benzene rings is 1. The van der Waals surface area contributed by atoms with Crippen molar-refractivity contribution in [2.45, 2.75) is 25.4 Å². The minimum absolute atomic E-state index is 0.291. The highest BCUT2D eigenvalue weighted by Crippen LogP contribution is 2.21. The molecule has 1 aliphatic rings. The van der Waals surface area contributed by atoms with Gasteiger partial charge in [-0.25, -0.2) is 0 Å². The molecular formula is C14H19N3O. The molecule has 1 fully saturated rings. The summed E-state index contributed by atoms with van der Waals surface area (Å²) in [5, 5.41) is 8.94. The van der Waals surface area contributed by atoms with E-state index >= 15 is 0 Å². The summed E-state index contributed by atoms with van der Waals surface area (Å²) in [5.74, 6) is 0.649. The van der Waals surface area contributed by atoms with Gasteiger partial charge >= 0.3 is 0 Å². The van der Waals surface area contributed by atoms with Gasteiger partial charge in [-0.1, -0.05) is 6.07 Å². The molecule has 1 saturated heterocycles. The summed E-state index contributed by atoms with van der Waals surface area (Å²) in [7, 11) is 1.59. The van der Waals surface area contributed by atoms with Gasteiger partial charge in [0.05, 0.1) is 12.7 Å². The molecule has 18 heavy (non-hydrogen) atoms. The molecule has 96 valence electrons. The Balaban J connectivity index is 2.07. The van der Waals surface area contributed by atoms with Crippen LogP contribution < -0.4 is 10.5 Å². The Morgan fingerprint density at radius 3 is 3.06 bits per heavy atom. The van der Waals surface area contributed by atoms with E-state index in [0.29, 0.717) is 17.4 Å². The van der Waals surface area contributed by atoms with E-state index in [1.54, 1.807) is 7.11 Å². The van der Waals surface area contributed by atoms with Gasteiger partial charge in [-0.2, -0.15) is 5.26 Å². The van der Waals surface area contributed by atoms with E-state index in [1.165, 1.54) is 5.56 Å². The second-order valence-electron chi connectivity index (χ2n) is 4.78. The molecule has 1 aromatic carbocycles. The van der Waals surface area contributed by atoms with Crippen LogP contribution in [0.5, 0.6) is 5.75 Å². The zero-order chi connectivity index (χ0) is 13.0. The predicted molar refractivity (Wildman–Crippen MR) is 70.2 cm³/mol. The highest BCUT2D eigenvalue weighted by molar-refractivity contribution is 5.45. The van der Waals surface area contributed by atoms with Crippen molar-refractivity contribution in [1.29, 1.82) is 5.26 Å². The summed E-state index contributed by atoms with van der Waals surface area (Å²) >= 11 is 0. The van der Waals surface area contributed by atoms with Gasteiger partial charge in [0.15, 0.2) is 0 Å². The minimum Gasteiger partial charge on any atom is -0.495 e. The van der Waals surface area contributed by atoms with Crippen molar-refractivity contribution in [3.05, 3.63) is 29.3 Å². The van der Waals surface area contributed by atoms with Gasteiger partial charge in [-0.05, 0) is 37.1 Å². The maximum absolute atomic E-state index is 8.94. The third-order valence-electron chi connectivity index (χ3n) is 3.33. The summed E-state index contributed by atoms with van der Waals surface area (Å²) in [5.41, 5.74) is 7.72. The van der Waals surface area contributed by atoms with Crippen LogP contribution in [0.15, 0.2) is 18.2 Å². The van der Waals surface area contributed by atoms with Crippen LogP contribution in [0.2, 0.25) is 0 Å². The molecule has 0 amide bonds. The van der Waals surface area contributed by atoms with E-state index in [0.717, 1.165) is 32.5 Å². The van der Waals surface area contributed by atoms with Crippen molar-refractivity contribution in [3.63, 3.8) is 0 Å². The van der Waals surface area contributed by atoms with Crippen LogP contribution in [0.25, 0.3) is 0 Å². The molecule has 1 unspecified atom stereocenters. The van der Waals surface area contributed by atoms with Gasteiger partial charge in [0.25, 0.3) is 0 Å². The molecular weight excluding hydrogens is 226 g/mol. The predicted octanol–water partition coefficient (Wildman–Crippen LogP) is 1.49. The third kappa shape index (κ3) is 3.00. The lowest BCUT2D eigenvalue weighted by Crippen LogP contribution is -2.42. The summed E-state index contributed by atoms with van der Waals surface area (Å²) in [6.07, 6.45) is 2.28. The number of piperidine rings is 1. The fourth-order valence-electron chi connectivity index (χ4n) is 2.42. The number of nitrogens with two attached hydrogens (primary N) is 1. The molecule has 4 heteroatoms. The first-order valence-corrected chi connectivity index (χ1v) is 6.28. The lowest BCUT2D eigenvalue weighted by molar-refractivity contribution is 0.201. The first kappa shape index (κ1) is 12.9. The van der Waals surface area contributed by atoms with Crippen LogP contribution in [0.1, 0.15) is 24.0 Å². The fourth-order valence-corrected chi connectivity index (χ4v) is 2.42. The van der Waals surface area contributed by atoms with E-state index < -0.39 is 0 Å². The summed E-state index contributed by atoms with van der Waals surface area (Å²) in [6.45, 7) is 2.91. The zero-order valence-electron chi connectivity index (χ0n) is 10.7. The number of hydrogen-bond donors (Lipinski definition) is 1. The van der Waals surface area contributed by atoms with Crippen LogP contribution in [-0.2, 0) is 6.54 Å². The molecule has 1 aliphatic heterocycles. The molecule has 2 N–H and O–H groups in total. The molecule has 0 aromatic heterocycles. The van der Waals surface area contributed by atoms with Gasteiger partial charge < -0.3 is 10.5 Å². The number of nitrogens with zero attached hydrogens (tertiary/aromatic N) is 2. The topological polar surface area (TPSA) is 62.3 Å². The van der Waals surface area contributed by atoms with Gasteiger partial charge in [0, 0.05) is 19.1 Å². The van der Waals surface area contributed by atoms with E-state index in [9.17, 15) is 0 Å². The standard InChI is InChI=1S/C14H19N3O/c1-18-14-7-11(4-5-12(14)8-15)9-17-6-2-3-13(16)10-17/h4-5,7,13H,2-3,6,9-10,16H2,1H3. The number of likely N-dealkylation sites (tertiary alicyclic amines) is 1. The Labute approximate surface area is 108 Å². The van der Waals surface area contributed by atoms with Crippen LogP contribution in [-0.4, -0.2) is 31.1 Å². The number of ether oxygens (including phenoxy) is 1. The molecule has 4 nitrogen and oxygen atoms in total. The van der Waals surface area contributed by atoms with Crippen molar-refractivity contribution < 1.29 is 4.74 Å². The Kier molecular flexibility index (Phi) is 4.19. The van der Waals surface area contributed by atoms with Crippen molar-refractivity contribution in [3.8, 4) is 11.8 Å². The number of nitriles is 1. The van der Waals surface area contributed by atoms with Crippen LogP contribution in [0, 0.1) is 11.3 Å². The van der Waals surface area contributed by atoms with Crippen molar-refractivity contribution in [1.82, 2.24) is 4.90 Å². The highest BCUT2D eigenvalue weighted by Gasteiger charge is 2.17. The highest BCUT2D eigenvalue weighted by atomic mass is 16.5. The van der Waals surface area contributed by atoms with E-state index in [1.807, 2.05) is 18.2 Å². The molecule has 0 bridgehead atoms. The molecule has 0 aliphatic carbocycles. The first-order chi connectivity index (χ1) is 8.72. The van der Waals surface area contributed by atoms with Crippen LogP contribution >= 0.6 is 0 Å². The van der Waals surface area contributed by atoms with Crippen molar-refractivity contribution in [2.75, 3.05) is 20.2 Å². The van der Waals surface area contributed by atoms with Gasteiger partial charge in [0.2, 0.25) is 0 Å². The molecule has 0 radical (unpaired) electrons. The summed E-state index contributed by atoms with van der Waals surface area (Å²) < 4.78 is 5.22. The molecule has 1 atom stereocenters. The average molecular weight is 245 g/mol. The molecule has 2 rings (SSSR count). The quantitative estimate of drug-likeness (QED) is 0.876. The Hall–Kier alpha value is -1.57. The third-order valence-corrected chi connectivity index (χ3v) is 3.33. The monoisotopic (exact) mass is 245 g/mol. The average Bonchev–Trinajstić information content (AvgIpc) is 2.38. The number of hydrogen-bond acceptors (Lipinski definition) is 4. The normalized spacial score (nSPS) is 20.4. The molecule has 0 saturated carbocycles. The largest absolute Gasteiger partial charge is 0.495 e. The second kappa shape index (κ2) is 5.85. The second-order valence-corrected chi connectivity index (χ2v) is 4.78. The fraction of sp³-hybridized carbons (Fsp3) is 0.500. The van der Waals surface area contributed by atoms with E-state index in [2.05, 4.69) is 11.0 Å². The first-order valence-electron chi connectivity index (χ1n) is 6.28. The van der Waals surface area contributed by atoms with E-state index in [-0.39, 0.29) is 0 Å². The maximum Gasteiger partial charge on any atom is 0.136 e. The lowest BCUT2D eigenvalue weighted by atomic mass is 10.0. The molecule has 1 aromatic rings. The smallest absolute Gasteiger partial charge is 0.136 e. The number of rotatable bonds is 3. The molecule has 0 spiro atoms. The summed E-state index contributed by atoms with van der Waals surface area (Å²) in [4.78, 5) is 2.36. The van der Waals surface area contributed by atoms with Gasteiger partial charge in [-0.3, -0.25) is 4.90 Å². The van der Waals surface area contributed by atoms with Crippen LogP contribution in [0.4, 0.5) is 0 Å². The SMILES string of the molecule is COc1cc(CN2CCCC(N)C2)ccc1C#N. The Morgan fingerprint density at radius 1 is 1.56 bits per heavy atom. The summed E-state index contributed by atoms with van der Waals surface area (Å²) in [6, 6.07) is 8.16. The van der Waals surface area contributed by atoms with Gasteiger partial charge in [-0.15, -0.1) is 0 Å². The zero-order valence-corrected chi connectivity index (χ0v) is 10.7. The van der Waals surface area contributed by atoms with Crippen LogP contribution in [0.3, 0.4) is 0 Å². The van der Waals surface area contributed by atoms with Gasteiger partial charge in [0.1, 0.15) is 11.8 Å². The Morgan fingerprint density at radius 2 is 2.39 bits per heavy atom. The Bertz CT molecular complexity index is 453. The van der Waals surface area contributed by atoms with E-state index in [4.69, 9.17) is 15.7 Å². The molecule has 1 heterocycles. The van der Waals surface area contributed by atoms with Crippen molar-refractivity contribution >= 4 is 0 Å². The minimum atomic E-state index is 0.291. The number of methoxy groups -OCH3 is 1.